The van der Waals surface area contributed by atoms with Crippen molar-refractivity contribution in [3.63, 3.8) is 0 Å². The Morgan fingerprint density at radius 2 is 2.00 bits per heavy atom. The number of benzene rings is 1. The molecule has 1 aromatic carbocycles. The first-order valence-corrected chi connectivity index (χ1v) is 5.62. The first-order chi connectivity index (χ1) is 8.47. The molecule has 0 amide bonds. The fourth-order valence-electron chi connectivity index (χ4n) is 1.93. The average molecular weight is 254 g/mol. The van der Waals surface area contributed by atoms with Gasteiger partial charge in [-0.1, -0.05) is 18.2 Å². The molecule has 0 saturated heterocycles. The number of pyridine rings is 1. The number of hydrogen-bond acceptors (Lipinski definition) is 2. The van der Waals surface area contributed by atoms with Gasteiger partial charge in [-0.15, -0.1) is 0 Å². The van der Waals surface area contributed by atoms with E-state index in [1.54, 1.807) is 24.5 Å². The van der Waals surface area contributed by atoms with Crippen LogP contribution >= 0.6 is 0 Å². The summed E-state index contributed by atoms with van der Waals surface area (Å²) in [6.45, 7) is 0. The van der Waals surface area contributed by atoms with E-state index in [0.29, 0.717) is 5.56 Å². The van der Waals surface area contributed by atoms with E-state index in [2.05, 4.69) is 4.98 Å². The van der Waals surface area contributed by atoms with Gasteiger partial charge in [0.05, 0.1) is 0 Å². The summed E-state index contributed by atoms with van der Waals surface area (Å²) in [6, 6.07) is 6.63. The van der Waals surface area contributed by atoms with Crippen molar-refractivity contribution in [2.75, 3.05) is 0 Å². The van der Waals surface area contributed by atoms with Crippen LogP contribution in [0.15, 0.2) is 36.7 Å². The van der Waals surface area contributed by atoms with Gasteiger partial charge in [-0.25, -0.2) is 0 Å². The number of nitrogens with zero attached hydrogens (tertiary/aromatic N) is 1. The molecular formula is C13H13F3N2. The Labute approximate surface area is 103 Å². The highest BCUT2D eigenvalue weighted by Crippen LogP contribution is 2.29. The molecule has 0 aliphatic heterocycles. The highest BCUT2D eigenvalue weighted by molar-refractivity contribution is 5.85. The first-order valence-electron chi connectivity index (χ1n) is 5.62. The van der Waals surface area contributed by atoms with Crippen molar-refractivity contribution >= 4 is 10.8 Å². The van der Waals surface area contributed by atoms with E-state index in [1.807, 2.05) is 12.1 Å². The van der Waals surface area contributed by atoms with Crippen LogP contribution in [0.4, 0.5) is 13.2 Å². The van der Waals surface area contributed by atoms with Crippen LogP contribution in [-0.2, 0) is 0 Å². The molecule has 0 radical (unpaired) electrons. The molecule has 0 aliphatic carbocycles. The Balaban J connectivity index is 2.25. The molecule has 1 unspecified atom stereocenters. The van der Waals surface area contributed by atoms with Crippen molar-refractivity contribution < 1.29 is 13.2 Å². The van der Waals surface area contributed by atoms with Crippen molar-refractivity contribution in [1.29, 1.82) is 0 Å². The molecule has 2 rings (SSSR count). The molecule has 2 nitrogen and oxygen atoms in total. The molecule has 1 heterocycles. The predicted octanol–water partition coefficient (Wildman–Crippen LogP) is 3.58. The monoisotopic (exact) mass is 254 g/mol. The summed E-state index contributed by atoms with van der Waals surface area (Å²) in [4.78, 5) is 3.99. The molecule has 1 aromatic heterocycles. The fraction of sp³-hybridized carbons (Fsp3) is 0.308. The molecule has 5 heteroatoms. The van der Waals surface area contributed by atoms with E-state index in [9.17, 15) is 13.2 Å². The van der Waals surface area contributed by atoms with E-state index in [1.165, 1.54) is 0 Å². The lowest BCUT2D eigenvalue weighted by molar-refractivity contribution is -0.136. The molecule has 0 aliphatic rings. The average Bonchev–Trinajstić information content (AvgIpc) is 2.34. The van der Waals surface area contributed by atoms with Crippen LogP contribution in [0, 0.1) is 0 Å². The Morgan fingerprint density at radius 1 is 1.22 bits per heavy atom. The molecule has 0 saturated carbocycles. The number of nitrogens with two attached hydrogens (primary N) is 1. The Bertz CT molecular complexity index is 532. The first kappa shape index (κ1) is 12.8. The highest BCUT2D eigenvalue weighted by Gasteiger charge is 2.28. The number of rotatable bonds is 3. The maximum absolute atomic E-state index is 12.2. The van der Waals surface area contributed by atoms with E-state index in [4.69, 9.17) is 5.73 Å². The summed E-state index contributed by atoms with van der Waals surface area (Å²) in [5.41, 5.74) is 6.55. The van der Waals surface area contributed by atoms with Crippen LogP contribution in [-0.4, -0.2) is 11.2 Å². The summed E-state index contributed by atoms with van der Waals surface area (Å²) in [5.74, 6) is 0. The number of alkyl halides is 3. The second-order valence-electron chi connectivity index (χ2n) is 4.20. The molecule has 1 atom stereocenters. The topological polar surface area (TPSA) is 38.9 Å². The minimum atomic E-state index is -4.17. The van der Waals surface area contributed by atoms with E-state index < -0.39 is 18.6 Å². The normalized spacial score (nSPS) is 13.8. The van der Waals surface area contributed by atoms with Crippen LogP contribution < -0.4 is 5.73 Å². The second-order valence-corrected chi connectivity index (χ2v) is 4.20. The Kier molecular flexibility index (Phi) is 3.52. The van der Waals surface area contributed by atoms with Gasteiger partial charge >= 0.3 is 6.18 Å². The number of fused-ring (bicyclic) bond motifs is 1. The minimum absolute atomic E-state index is 0.114. The van der Waals surface area contributed by atoms with Gasteiger partial charge in [0.15, 0.2) is 0 Å². The van der Waals surface area contributed by atoms with Gasteiger partial charge in [0.1, 0.15) is 0 Å². The van der Waals surface area contributed by atoms with Crippen LogP contribution in [0.2, 0.25) is 0 Å². The maximum Gasteiger partial charge on any atom is 0.389 e. The molecule has 2 aromatic rings. The molecule has 96 valence electrons. The summed E-state index contributed by atoms with van der Waals surface area (Å²) in [7, 11) is 0. The second kappa shape index (κ2) is 4.94. The lowest BCUT2D eigenvalue weighted by Gasteiger charge is -2.15. The third kappa shape index (κ3) is 2.98. The molecule has 0 bridgehead atoms. The molecule has 0 spiro atoms. The van der Waals surface area contributed by atoms with Crippen molar-refractivity contribution in [3.8, 4) is 0 Å². The van der Waals surface area contributed by atoms with Crippen LogP contribution in [0.5, 0.6) is 0 Å². The van der Waals surface area contributed by atoms with Gasteiger partial charge in [0.2, 0.25) is 0 Å². The van der Waals surface area contributed by atoms with Gasteiger partial charge in [0.25, 0.3) is 0 Å². The van der Waals surface area contributed by atoms with Crippen molar-refractivity contribution in [2.24, 2.45) is 5.73 Å². The standard InChI is InChI=1S/C13H13F3N2/c14-13(15,16)6-4-12(17)10-3-1-2-9-5-7-18-8-11(9)10/h1-3,5,7-8,12H,4,6,17H2. The molecule has 18 heavy (non-hydrogen) atoms. The third-order valence-corrected chi connectivity index (χ3v) is 2.86. The summed E-state index contributed by atoms with van der Waals surface area (Å²) < 4.78 is 36.5. The van der Waals surface area contributed by atoms with Crippen LogP contribution in [0.1, 0.15) is 24.4 Å². The number of halogens is 3. The van der Waals surface area contributed by atoms with Gasteiger partial charge in [-0.05, 0) is 23.4 Å². The van der Waals surface area contributed by atoms with Crippen LogP contribution in [0.25, 0.3) is 10.8 Å². The fourth-order valence-corrected chi connectivity index (χ4v) is 1.93. The van der Waals surface area contributed by atoms with Crippen LogP contribution in [0.3, 0.4) is 0 Å². The predicted molar refractivity (Wildman–Crippen MR) is 64.0 cm³/mol. The summed E-state index contributed by atoms with van der Waals surface area (Å²) >= 11 is 0. The number of hydrogen-bond donors (Lipinski definition) is 1. The lowest BCUT2D eigenvalue weighted by Crippen LogP contribution is -2.16. The number of aromatic nitrogens is 1. The Hall–Kier alpha value is -1.62. The highest BCUT2D eigenvalue weighted by atomic mass is 19.4. The van der Waals surface area contributed by atoms with Crippen molar-refractivity contribution in [2.45, 2.75) is 25.1 Å². The quantitative estimate of drug-likeness (QED) is 0.909. The van der Waals surface area contributed by atoms with Crippen molar-refractivity contribution in [1.82, 2.24) is 4.98 Å². The zero-order valence-electron chi connectivity index (χ0n) is 9.61. The molecular weight excluding hydrogens is 241 g/mol. The minimum Gasteiger partial charge on any atom is -0.324 e. The van der Waals surface area contributed by atoms with Gasteiger partial charge in [0, 0.05) is 30.2 Å². The van der Waals surface area contributed by atoms with Gasteiger partial charge in [-0.3, -0.25) is 4.98 Å². The smallest absolute Gasteiger partial charge is 0.324 e. The zero-order valence-corrected chi connectivity index (χ0v) is 9.61. The third-order valence-electron chi connectivity index (χ3n) is 2.86. The molecule has 2 N–H and O–H groups in total. The summed E-state index contributed by atoms with van der Waals surface area (Å²) in [6.07, 6.45) is -1.87. The van der Waals surface area contributed by atoms with Gasteiger partial charge < -0.3 is 5.73 Å². The van der Waals surface area contributed by atoms with E-state index in [0.717, 1.165) is 10.8 Å². The largest absolute Gasteiger partial charge is 0.389 e. The van der Waals surface area contributed by atoms with E-state index >= 15 is 0 Å². The van der Waals surface area contributed by atoms with E-state index in [-0.39, 0.29) is 6.42 Å². The zero-order chi connectivity index (χ0) is 13.2. The molecule has 0 fully saturated rings. The summed E-state index contributed by atoms with van der Waals surface area (Å²) in [5, 5.41) is 1.75. The SMILES string of the molecule is NC(CCC(F)(F)F)c1cccc2ccncc12. The lowest BCUT2D eigenvalue weighted by atomic mass is 9.97. The van der Waals surface area contributed by atoms with Gasteiger partial charge in [-0.2, -0.15) is 13.2 Å². The van der Waals surface area contributed by atoms with Crippen molar-refractivity contribution in [3.05, 3.63) is 42.2 Å². The Morgan fingerprint density at radius 3 is 2.72 bits per heavy atom. The maximum atomic E-state index is 12.2.